The van der Waals surface area contributed by atoms with Gasteiger partial charge in [-0.1, -0.05) is 29.8 Å². The van der Waals surface area contributed by atoms with Gasteiger partial charge in [-0.05, 0) is 31.0 Å². The van der Waals surface area contributed by atoms with Crippen LogP contribution in [0.25, 0.3) is 0 Å². The van der Waals surface area contributed by atoms with Gasteiger partial charge in [0.2, 0.25) is 0 Å². The van der Waals surface area contributed by atoms with Crippen LogP contribution in [-0.4, -0.2) is 17.4 Å². The third-order valence-corrected chi connectivity index (χ3v) is 2.92. The molecule has 1 heterocycles. The van der Waals surface area contributed by atoms with Crippen molar-refractivity contribution in [2.45, 2.75) is 13.3 Å². The number of hydrogen-bond donors (Lipinski definition) is 1. The summed E-state index contributed by atoms with van der Waals surface area (Å²) in [7, 11) is 0. The predicted octanol–water partition coefficient (Wildman–Crippen LogP) is 2.23. The van der Waals surface area contributed by atoms with Gasteiger partial charge in [-0.3, -0.25) is 4.79 Å². The average molecular weight is 265 g/mol. The average Bonchev–Trinajstić information content (AvgIpc) is 2.47. The fourth-order valence-corrected chi connectivity index (χ4v) is 1.88. The maximum atomic E-state index is 11.9. The van der Waals surface area contributed by atoms with E-state index >= 15 is 0 Å². The molecule has 0 spiro atoms. The maximum absolute atomic E-state index is 11.9. The lowest BCUT2D eigenvalue weighted by Gasteiger charge is -2.06. The molecular formula is C16H15N3O. The Morgan fingerprint density at radius 1 is 1.35 bits per heavy atom. The molecule has 1 aromatic carbocycles. The van der Waals surface area contributed by atoms with Crippen LogP contribution in [0.5, 0.6) is 0 Å². The molecule has 0 aliphatic heterocycles. The van der Waals surface area contributed by atoms with Crippen LogP contribution < -0.4 is 5.32 Å². The summed E-state index contributed by atoms with van der Waals surface area (Å²) >= 11 is 0. The Kier molecular flexibility index (Phi) is 4.46. The number of benzene rings is 1. The summed E-state index contributed by atoms with van der Waals surface area (Å²) in [5, 5.41) is 11.5. The van der Waals surface area contributed by atoms with Gasteiger partial charge in [0.05, 0.1) is 5.56 Å². The first-order valence-electron chi connectivity index (χ1n) is 6.39. The quantitative estimate of drug-likeness (QED) is 0.922. The Balaban J connectivity index is 1.87. The zero-order valence-corrected chi connectivity index (χ0v) is 11.3. The zero-order valence-electron chi connectivity index (χ0n) is 11.3. The Labute approximate surface area is 118 Å². The third kappa shape index (κ3) is 3.66. The van der Waals surface area contributed by atoms with E-state index in [4.69, 9.17) is 5.26 Å². The van der Waals surface area contributed by atoms with Crippen LogP contribution in [0.2, 0.25) is 0 Å². The highest BCUT2D eigenvalue weighted by Gasteiger charge is 2.05. The van der Waals surface area contributed by atoms with E-state index in [9.17, 15) is 4.79 Å². The summed E-state index contributed by atoms with van der Waals surface area (Å²) in [6, 6.07) is 13.3. The minimum atomic E-state index is -0.172. The fourth-order valence-electron chi connectivity index (χ4n) is 1.88. The van der Waals surface area contributed by atoms with Gasteiger partial charge in [-0.15, -0.1) is 0 Å². The molecule has 2 aromatic rings. The number of rotatable bonds is 4. The van der Waals surface area contributed by atoms with Gasteiger partial charge >= 0.3 is 0 Å². The fraction of sp³-hybridized carbons (Fsp3) is 0.188. The molecule has 0 aliphatic rings. The molecule has 0 fully saturated rings. The number of aryl methyl sites for hydroxylation is 1. The molecule has 20 heavy (non-hydrogen) atoms. The van der Waals surface area contributed by atoms with Crippen LogP contribution in [0, 0.1) is 18.3 Å². The molecule has 4 nitrogen and oxygen atoms in total. The molecule has 0 saturated carbocycles. The highest BCUT2D eigenvalue weighted by Crippen LogP contribution is 2.04. The Morgan fingerprint density at radius 2 is 2.20 bits per heavy atom. The van der Waals surface area contributed by atoms with Crippen molar-refractivity contribution in [1.29, 1.82) is 5.26 Å². The van der Waals surface area contributed by atoms with Crippen molar-refractivity contribution in [3.63, 3.8) is 0 Å². The maximum Gasteiger partial charge on any atom is 0.252 e. The van der Waals surface area contributed by atoms with Gasteiger partial charge < -0.3 is 5.32 Å². The minimum Gasteiger partial charge on any atom is -0.352 e. The van der Waals surface area contributed by atoms with Crippen molar-refractivity contribution in [1.82, 2.24) is 10.3 Å². The highest BCUT2D eigenvalue weighted by atomic mass is 16.1. The molecule has 4 heteroatoms. The molecule has 1 aromatic heterocycles. The monoisotopic (exact) mass is 265 g/mol. The lowest BCUT2D eigenvalue weighted by molar-refractivity contribution is 0.0954. The van der Waals surface area contributed by atoms with Crippen LogP contribution in [0.3, 0.4) is 0 Å². The first kappa shape index (κ1) is 13.8. The molecule has 0 bridgehead atoms. The second kappa shape index (κ2) is 6.48. The Hall–Kier alpha value is -2.67. The van der Waals surface area contributed by atoms with E-state index in [1.54, 1.807) is 6.07 Å². The lowest BCUT2D eigenvalue weighted by atomic mass is 10.1. The van der Waals surface area contributed by atoms with Crippen LogP contribution in [-0.2, 0) is 6.42 Å². The number of nitriles is 1. The molecule has 0 saturated heterocycles. The van der Waals surface area contributed by atoms with Gasteiger partial charge in [-0.2, -0.15) is 5.26 Å². The van der Waals surface area contributed by atoms with Crippen LogP contribution in [0.15, 0.2) is 42.6 Å². The standard InChI is InChI=1S/C16H15N3O/c1-12-3-2-4-13(9-12)7-8-18-16(20)14-5-6-15(10-17)19-11-14/h2-6,9,11H,7-8H2,1H3,(H,18,20). The Morgan fingerprint density at radius 3 is 2.85 bits per heavy atom. The predicted molar refractivity (Wildman–Crippen MR) is 76.2 cm³/mol. The number of hydrogen-bond acceptors (Lipinski definition) is 3. The molecule has 0 radical (unpaired) electrons. The number of nitrogens with one attached hydrogen (secondary N) is 1. The summed E-state index contributed by atoms with van der Waals surface area (Å²) in [6.07, 6.45) is 2.21. The smallest absolute Gasteiger partial charge is 0.252 e. The molecule has 0 atom stereocenters. The highest BCUT2D eigenvalue weighted by molar-refractivity contribution is 5.93. The van der Waals surface area contributed by atoms with Crippen molar-refractivity contribution in [2.24, 2.45) is 0 Å². The van der Waals surface area contributed by atoms with Crippen molar-refractivity contribution < 1.29 is 4.79 Å². The summed E-state index contributed by atoms with van der Waals surface area (Å²) in [5.74, 6) is -0.172. The first-order chi connectivity index (χ1) is 9.69. The van der Waals surface area contributed by atoms with E-state index in [1.165, 1.54) is 23.4 Å². The van der Waals surface area contributed by atoms with E-state index in [1.807, 2.05) is 31.2 Å². The molecule has 100 valence electrons. The molecular weight excluding hydrogens is 250 g/mol. The van der Waals surface area contributed by atoms with Crippen LogP contribution >= 0.6 is 0 Å². The van der Waals surface area contributed by atoms with Crippen molar-refractivity contribution >= 4 is 5.91 Å². The van der Waals surface area contributed by atoms with Gasteiger partial charge in [0, 0.05) is 12.7 Å². The van der Waals surface area contributed by atoms with Crippen molar-refractivity contribution in [3.05, 3.63) is 65.0 Å². The number of aromatic nitrogens is 1. The summed E-state index contributed by atoms with van der Waals surface area (Å²) in [4.78, 5) is 15.7. The van der Waals surface area contributed by atoms with E-state index in [0.29, 0.717) is 17.8 Å². The van der Waals surface area contributed by atoms with E-state index in [-0.39, 0.29) is 5.91 Å². The Bertz CT molecular complexity index is 642. The van der Waals surface area contributed by atoms with Crippen LogP contribution in [0.4, 0.5) is 0 Å². The SMILES string of the molecule is Cc1cccc(CCNC(=O)c2ccc(C#N)nc2)c1. The summed E-state index contributed by atoms with van der Waals surface area (Å²) in [5.41, 5.74) is 3.18. The first-order valence-corrected chi connectivity index (χ1v) is 6.39. The third-order valence-electron chi connectivity index (χ3n) is 2.92. The molecule has 0 aliphatic carbocycles. The molecule has 0 unspecified atom stereocenters. The number of amides is 1. The van der Waals surface area contributed by atoms with Crippen molar-refractivity contribution in [2.75, 3.05) is 6.54 Å². The summed E-state index contributed by atoms with van der Waals surface area (Å²) < 4.78 is 0. The molecule has 1 N–H and O–H groups in total. The van der Waals surface area contributed by atoms with E-state index < -0.39 is 0 Å². The second-order valence-corrected chi connectivity index (χ2v) is 4.54. The topological polar surface area (TPSA) is 65.8 Å². The van der Waals surface area contributed by atoms with Gasteiger partial charge in [-0.25, -0.2) is 4.98 Å². The minimum absolute atomic E-state index is 0.172. The number of carbonyl (C=O) groups excluding carboxylic acids is 1. The second-order valence-electron chi connectivity index (χ2n) is 4.54. The summed E-state index contributed by atoms with van der Waals surface area (Å²) in [6.45, 7) is 2.62. The number of carbonyl (C=O) groups is 1. The zero-order chi connectivity index (χ0) is 14.4. The van der Waals surface area contributed by atoms with Gasteiger partial charge in [0.15, 0.2) is 0 Å². The number of pyridine rings is 1. The van der Waals surface area contributed by atoms with Gasteiger partial charge in [0.1, 0.15) is 11.8 Å². The normalized spacial score (nSPS) is 9.80. The molecule has 1 amide bonds. The van der Waals surface area contributed by atoms with Crippen LogP contribution in [0.1, 0.15) is 27.2 Å². The van der Waals surface area contributed by atoms with E-state index in [0.717, 1.165) is 6.42 Å². The van der Waals surface area contributed by atoms with Gasteiger partial charge in [0.25, 0.3) is 5.91 Å². The molecule has 2 rings (SSSR count). The lowest BCUT2D eigenvalue weighted by Crippen LogP contribution is -2.25. The largest absolute Gasteiger partial charge is 0.352 e. The van der Waals surface area contributed by atoms with Crippen molar-refractivity contribution in [3.8, 4) is 6.07 Å². The number of nitrogens with zero attached hydrogens (tertiary/aromatic N) is 2. The van der Waals surface area contributed by atoms with E-state index in [2.05, 4.69) is 16.4 Å².